The Balaban J connectivity index is 1.85. The molecule has 1 saturated heterocycles. The third kappa shape index (κ3) is 4.69. The Bertz CT molecular complexity index is 568. The first kappa shape index (κ1) is 17.3. The van der Waals surface area contributed by atoms with E-state index in [2.05, 4.69) is 0 Å². The third-order valence-electron chi connectivity index (χ3n) is 3.81. The van der Waals surface area contributed by atoms with Gasteiger partial charge in [-0.15, -0.1) is 0 Å². The Morgan fingerprint density at radius 1 is 1.30 bits per heavy atom. The molecule has 1 fully saturated rings. The van der Waals surface area contributed by atoms with E-state index in [-0.39, 0.29) is 41.3 Å². The number of carbonyl (C=O) groups is 2. The minimum atomic E-state index is -0.613. The Morgan fingerprint density at radius 2 is 2.09 bits per heavy atom. The molecule has 0 aliphatic carbocycles. The van der Waals surface area contributed by atoms with Crippen LogP contribution in [0.4, 0.5) is 0 Å². The fourth-order valence-corrected chi connectivity index (χ4v) is 2.51. The summed E-state index contributed by atoms with van der Waals surface area (Å²) >= 11 is 0. The van der Waals surface area contributed by atoms with Crippen LogP contribution in [0.3, 0.4) is 0 Å². The van der Waals surface area contributed by atoms with Crippen molar-refractivity contribution in [3.05, 3.63) is 23.8 Å². The SMILES string of the molecule is CCCCOC(=O)C1CCC(CC(=O)c2ccc(O)cc2O)O1. The molecule has 2 unspecified atom stereocenters. The van der Waals surface area contributed by atoms with Crippen LogP contribution in [0.2, 0.25) is 0 Å². The van der Waals surface area contributed by atoms with E-state index in [0.29, 0.717) is 19.4 Å². The van der Waals surface area contributed by atoms with Gasteiger partial charge in [-0.1, -0.05) is 13.3 Å². The number of carbonyl (C=O) groups excluding carboxylic acids is 2. The fourth-order valence-electron chi connectivity index (χ4n) is 2.51. The minimum absolute atomic E-state index is 0.0804. The van der Waals surface area contributed by atoms with Crippen molar-refractivity contribution in [3.8, 4) is 11.5 Å². The molecule has 0 spiro atoms. The summed E-state index contributed by atoms with van der Waals surface area (Å²) in [6, 6.07) is 3.84. The summed E-state index contributed by atoms with van der Waals surface area (Å²) in [5.74, 6) is -1.03. The number of phenols is 2. The van der Waals surface area contributed by atoms with Crippen LogP contribution in [0, 0.1) is 0 Å². The number of unbranched alkanes of at least 4 members (excludes halogenated alkanes) is 1. The predicted octanol–water partition coefficient (Wildman–Crippen LogP) is 2.56. The average molecular weight is 322 g/mol. The number of esters is 1. The first-order chi connectivity index (χ1) is 11.0. The Hall–Kier alpha value is -2.08. The van der Waals surface area contributed by atoms with Gasteiger partial charge in [0.15, 0.2) is 11.9 Å². The van der Waals surface area contributed by atoms with Gasteiger partial charge in [0.2, 0.25) is 0 Å². The van der Waals surface area contributed by atoms with Crippen LogP contribution >= 0.6 is 0 Å². The predicted molar refractivity (Wildman–Crippen MR) is 82.5 cm³/mol. The van der Waals surface area contributed by atoms with Gasteiger partial charge in [0.05, 0.1) is 18.3 Å². The minimum Gasteiger partial charge on any atom is -0.508 e. The highest BCUT2D eigenvalue weighted by Crippen LogP contribution is 2.28. The van der Waals surface area contributed by atoms with E-state index in [9.17, 15) is 19.8 Å². The van der Waals surface area contributed by atoms with Crippen LogP contribution in [0.5, 0.6) is 11.5 Å². The molecule has 6 heteroatoms. The van der Waals surface area contributed by atoms with Crippen LogP contribution in [0.25, 0.3) is 0 Å². The van der Waals surface area contributed by atoms with Crippen molar-refractivity contribution in [2.45, 2.75) is 51.2 Å². The zero-order valence-electron chi connectivity index (χ0n) is 13.2. The highest BCUT2D eigenvalue weighted by atomic mass is 16.6. The van der Waals surface area contributed by atoms with Crippen LogP contribution in [-0.4, -0.2) is 40.8 Å². The third-order valence-corrected chi connectivity index (χ3v) is 3.81. The molecule has 1 aliphatic rings. The van der Waals surface area contributed by atoms with E-state index in [0.717, 1.165) is 18.9 Å². The molecule has 23 heavy (non-hydrogen) atoms. The number of ether oxygens (including phenoxy) is 2. The lowest BCUT2D eigenvalue weighted by molar-refractivity contribution is -0.156. The van der Waals surface area contributed by atoms with Crippen molar-refractivity contribution in [1.29, 1.82) is 0 Å². The summed E-state index contributed by atoms with van der Waals surface area (Å²) in [5, 5.41) is 18.9. The second-order valence-corrected chi connectivity index (χ2v) is 5.67. The van der Waals surface area contributed by atoms with Crippen molar-refractivity contribution in [1.82, 2.24) is 0 Å². The molecule has 1 aromatic rings. The lowest BCUT2D eigenvalue weighted by Gasteiger charge is -2.13. The van der Waals surface area contributed by atoms with Crippen molar-refractivity contribution in [3.63, 3.8) is 0 Å². The topological polar surface area (TPSA) is 93.1 Å². The van der Waals surface area contributed by atoms with E-state index < -0.39 is 6.10 Å². The van der Waals surface area contributed by atoms with E-state index in [4.69, 9.17) is 9.47 Å². The van der Waals surface area contributed by atoms with Gasteiger partial charge in [0.1, 0.15) is 11.5 Å². The van der Waals surface area contributed by atoms with Crippen molar-refractivity contribution in [2.24, 2.45) is 0 Å². The second-order valence-electron chi connectivity index (χ2n) is 5.67. The first-order valence-corrected chi connectivity index (χ1v) is 7.88. The highest BCUT2D eigenvalue weighted by molar-refractivity contribution is 5.99. The first-order valence-electron chi connectivity index (χ1n) is 7.88. The smallest absolute Gasteiger partial charge is 0.335 e. The molecule has 1 heterocycles. The Labute approximate surface area is 135 Å². The maximum atomic E-state index is 12.2. The molecule has 2 N–H and O–H groups in total. The number of hydrogen-bond acceptors (Lipinski definition) is 6. The standard InChI is InChI=1S/C17H22O6/c1-2-3-8-22-17(21)16-7-5-12(23-16)10-15(20)13-6-4-11(18)9-14(13)19/h4,6,9,12,16,18-19H,2-3,5,7-8,10H2,1H3. The maximum Gasteiger partial charge on any atom is 0.335 e. The summed E-state index contributed by atoms with van der Waals surface area (Å²) < 4.78 is 10.7. The number of aromatic hydroxyl groups is 2. The molecule has 1 aromatic carbocycles. The summed E-state index contributed by atoms with van der Waals surface area (Å²) in [6.45, 7) is 2.40. The summed E-state index contributed by atoms with van der Waals surface area (Å²) in [6.07, 6.45) is 2.00. The summed E-state index contributed by atoms with van der Waals surface area (Å²) in [7, 11) is 0. The zero-order chi connectivity index (χ0) is 16.8. The molecule has 126 valence electrons. The molecule has 0 saturated carbocycles. The van der Waals surface area contributed by atoms with Crippen LogP contribution in [-0.2, 0) is 14.3 Å². The molecule has 0 amide bonds. The van der Waals surface area contributed by atoms with Gasteiger partial charge in [-0.25, -0.2) is 4.79 Å². The Kier molecular flexibility index (Phi) is 5.98. The van der Waals surface area contributed by atoms with Crippen LogP contribution in [0.15, 0.2) is 18.2 Å². The molecular weight excluding hydrogens is 300 g/mol. The quantitative estimate of drug-likeness (QED) is 0.455. The molecule has 6 nitrogen and oxygen atoms in total. The van der Waals surface area contributed by atoms with Crippen molar-refractivity contribution < 1.29 is 29.3 Å². The van der Waals surface area contributed by atoms with E-state index in [1.807, 2.05) is 6.92 Å². The monoisotopic (exact) mass is 322 g/mol. The number of ketones is 1. The lowest BCUT2D eigenvalue weighted by atomic mass is 10.0. The largest absolute Gasteiger partial charge is 0.508 e. The van der Waals surface area contributed by atoms with E-state index >= 15 is 0 Å². The van der Waals surface area contributed by atoms with Crippen molar-refractivity contribution >= 4 is 11.8 Å². The average Bonchev–Trinajstić information content (AvgIpc) is 2.95. The van der Waals surface area contributed by atoms with Crippen molar-refractivity contribution in [2.75, 3.05) is 6.61 Å². The van der Waals surface area contributed by atoms with Crippen LogP contribution < -0.4 is 0 Å². The number of hydrogen-bond donors (Lipinski definition) is 2. The van der Waals surface area contributed by atoms with Gasteiger partial charge in [-0.2, -0.15) is 0 Å². The maximum absolute atomic E-state index is 12.2. The molecule has 2 atom stereocenters. The van der Waals surface area contributed by atoms with Gasteiger partial charge in [-0.05, 0) is 31.4 Å². The highest BCUT2D eigenvalue weighted by Gasteiger charge is 2.33. The van der Waals surface area contributed by atoms with Gasteiger partial charge < -0.3 is 19.7 Å². The molecule has 1 aliphatic heterocycles. The molecule has 2 rings (SSSR count). The summed E-state index contributed by atoms with van der Waals surface area (Å²) in [5.41, 5.74) is 0.139. The van der Waals surface area contributed by atoms with Gasteiger partial charge in [0.25, 0.3) is 0 Å². The number of rotatable bonds is 7. The molecular formula is C17H22O6. The number of benzene rings is 1. The lowest BCUT2D eigenvalue weighted by Crippen LogP contribution is -2.25. The van der Waals surface area contributed by atoms with Gasteiger partial charge >= 0.3 is 5.97 Å². The zero-order valence-corrected chi connectivity index (χ0v) is 13.2. The normalized spacial score (nSPS) is 20.4. The van der Waals surface area contributed by atoms with E-state index in [1.165, 1.54) is 12.1 Å². The molecule has 0 aromatic heterocycles. The second kappa shape index (κ2) is 7.97. The summed E-state index contributed by atoms with van der Waals surface area (Å²) in [4.78, 5) is 24.0. The van der Waals surface area contributed by atoms with Gasteiger partial charge in [0, 0.05) is 12.5 Å². The van der Waals surface area contributed by atoms with Crippen LogP contribution in [0.1, 0.15) is 49.4 Å². The van der Waals surface area contributed by atoms with Gasteiger partial charge in [-0.3, -0.25) is 4.79 Å². The van der Waals surface area contributed by atoms with E-state index in [1.54, 1.807) is 0 Å². The molecule has 0 radical (unpaired) electrons. The number of Topliss-reactive ketones (excluding diaryl/α,β-unsaturated/α-hetero) is 1. The Morgan fingerprint density at radius 3 is 2.78 bits per heavy atom. The fraction of sp³-hybridized carbons (Fsp3) is 0.529. The number of phenolic OH excluding ortho intramolecular Hbond substituents is 2. The molecule has 0 bridgehead atoms.